The molecule has 0 spiro atoms. The average Bonchev–Trinajstić information content (AvgIpc) is 2.87. The van der Waals surface area contributed by atoms with E-state index in [2.05, 4.69) is 44.8 Å². The second-order valence-corrected chi connectivity index (χ2v) is 7.72. The van der Waals surface area contributed by atoms with Crippen LogP contribution in [0.15, 0.2) is 0 Å². The topological polar surface area (TPSA) is 28.2 Å². The van der Waals surface area contributed by atoms with Crippen molar-refractivity contribution in [3.05, 3.63) is 15.6 Å². The van der Waals surface area contributed by atoms with Gasteiger partial charge in [-0.25, -0.2) is 4.98 Å². The molecule has 120 valence electrons. The van der Waals surface area contributed by atoms with Crippen molar-refractivity contribution in [2.24, 2.45) is 0 Å². The maximum atomic E-state index is 4.98. The molecule has 1 saturated heterocycles. The van der Waals surface area contributed by atoms with E-state index in [4.69, 9.17) is 4.98 Å². The van der Waals surface area contributed by atoms with Crippen molar-refractivity contribution in [2.45, 2.75) is 71.9 Å². The number of aromatic nitrogens is 1. The summed E-state index contributed by atoms with van der Waals surface area (Å²) in [6.45, 7) is 14.7. The molecule has 2 rings (SSSR count). The van der Waals surface area contributed by atoms with Crippen LogP contribution in [0.2, 0.25) is 0 Å². The first-order valence-corrected chi connectivity index (χ1v) is 9.30. The van der Waals surface area contributed by atoms with Crippen LogP contribution < -0.4 is 5.32 Å². The molecule has 1 aliphatic heterocycles. The lowest BCUT2D eigenvalue weighted by Gasteiger charge is -2.42. The van der Waals surface area contributed by atoms with Gasteiger partial charge in [-0.05, 0) is 53.0 Å². The third-order valence-corrected chi connectivity index (χ3v) is 5.95. The quantitative estimate of drug-likeness (QED) is 0.868. The molecule has 0 aromatic carbocycles. The van der Waals surface area contributed by atoms with Crippen LogP contribution >= 0.6 is 11.3 Å². The molecule has 1 N–H and O–H groups in total. The van der Waals surface area contributed by atoms with E-state index in [0.717, 1.165) is 13.0 Å². The molecule has 1 aromatic rings. The molecule has 0 saturated carbocycles. The summed E-state index contributed by atoms with van der Waals surface area (Å²) in [6.07, 6.45) is 4.59. The molecule has 21 heavy (non-hydrogen) atoms. The van der Waals surface area contributed by atoms with Crippen LogP contribution in [-0.4, -0.2) is 35.6 Å². The molecule has 0 unspecified atom stereocenters. The number of thiazole rings is 1. The molecule has 3 nitrogen and oxygen atoms in total. The van der Waals surface area contributed by atoms with Gasteiger partial charge in [-0.3, -0.25) is 0 Å². The molecule has 4 heteroatoms. The highest BCUT2D eigenvalue weighted by atomic mass is 32.1. The number of piperidine rings is 1. The minimum atomic E-state index is 0.115. The summed E-state index contributed by atoms with van der Waals surface area (Å²) >= 11 is 1.91. The zero-order chi connectivity index (χ0) is 15.5. The molecule has 0 aliphatic carbocycles. The Morgan fingerprint density at radius 3 is 2.43 bits per heavy atom. The maximum absolute atomic E-state index is 4.98. The van der Waals surface area contributed by atoms with Crippen LogP contribution in [0.5, 0.6) is 0 Å². The van der Waals surface area contributed by atoms with Crippen LogP contribution in [-0.2, 0) is 12.0 Å². The minimum Gasteiger partial charge on any atom is -0.305 e. The Hall–Kier alpha value is -0.450. The van der Waals surface area contributed by atoms with E-state index in [-0.39, 0.29) is 5.54 Å². The molecule has 1 fully saturated rings. The fourth-order valence-electron chi connectivity index (χ4n) is 3.21. The highest BCUT2D eigenvalue weighted by Crippen LogP contribution is 2.37. The first-order valence-electron chi connectivity index (χ1n) is 8.48. The van der Waals surface area contributed by atoms with E-state index in [0.29, 0.717) is 6.04 Å². The van der Waals surface area contributed by atoms with Gasteiger partial charge in [-0.1, -0.05) is 13.8 Å². The Balaban J connectivity index is 2.21. The number of hydrogen-bond donors (Lipinski definition) is 1. The number of nitrogens with zero attached hydrogens (tertiary/aromatic N) is 2. The summed E-state index contributed by atoms with van der Waals surface area (Å²) in [6, 6.07) is 0.651. The SMILES string of the molecule is CCCNC1(c2nc(CC)c(C)s2)CCN(C(C)C)CC1. The molecule has 1 aromatic heterocycles. The molecular formula is C17H31N3S. The summed E-state index contributed by atoms with van der Waals surface area (Å²) in [4.78, 5) is 8.97. The van der Waals surface area contributed by atoms with E-state index < -0.39 is 0 Å². The maximum Gasteiger partial charge on any atom is 0.113 e. The predicted molar refractivity (Wildman–Crippen MR) is 92.1 cm³/mol. The predicted octanol–water partition coefficient (Wildman–Crippen LogP) is 3.71. The Bertz CT molecular complexity index is 445. The van der Waals surface area contributed by atoms with Gasteiger partial charge in [0, 0.05) is 24.0 Å². The number of hydrogen-bond acceptors (Lipinski definition) is 4. The summed E-state index contributed by atoms with van der Waals surface area (Å²) in [5.41, 5.74) is 1.41. The van der Waals surface area contributed by atoms with Crippen LogP contribution in [0.1, 0.15) is 62.5 Å². The summed E-state index contributed by atoms with van der Waals surface area (Å²) in [7, 11) is 0. The summed E-state index contributed by atoms with van der Waals surface area (Å²) in [5, 5.41) is 5.17. The fourth-order valence-corrected chi connectivity index (χ4v) is 4.44. The summed E-state index contributed by atoms with van der Waals surface area (Å²) < 4.78 is 0. The number of aryl methyl sites for hydroxylation is 2. The zero-order valence-corrected chi connectivity index (χ0v) is 15.1. The lowest BCUT2D eigenvalue weighted by atomic mass is 9.87. The van der Waals surface area contributed by atoms with Gasteiger partial charge in [0.2, 0.25) is 0 Å². The lowest BCUT2D eigenvalue weighted by Crippen LogP contribution is -2.52. The highest BCUT2D eigenvalue weighted by Gasteiger charge is 2.38. The first kappa shape index (κ1) is 16.9. The van der Waals surface area contributed by atoms with Crippen LogP contribution in [0, 0.1) is 6.92 Å². The molecule has 2 heterocycles. The Morgan fingerprint density at radius 2 is 1.95 bits per heavy atom. The van der Waals surface area contributed by atoms with Gasteiger partial charge in [0.25, 0.3) is 0 Å². The van der Waals surface area contributed by atoms with E-state index in [1.165, 1.54) is 47.9 Å². The lowest BCUT2D eigenvalue weighted by molar-refractivity contribution is 0.109. The largest absolute Gasteiger partial charge is 0.305 e. The van der Waals surface area contributed by atoms with Gasteiger partial charge in [0.15, 0.2) is 0 Å². The smallest absolute Gasteiger partial charge is 0.113 e. The third kappa shape index (κ3) is 3.66. The van der Waals surface area contributed by atoms with E-state index in [1.807, 2.05) is 11.3 Å². The van der Waals surface area contributed by atoms with Crippen molar-refractivity contribution in [2.75, 3.05) is 19.6 Å². The average molecular weight is 310 g/mol. The molecule has 0 radical (unpaired) electrons. The molecule has 0 atom stereocenters. The Labute approximate surface area is 134 Å². The van der Waals surface area contributed by atoms with Crippen molar-refractivity contribution < 1.29 is 0 Å². The Morgan fingerprint density at radius 1 is 1.29 bits per heavy atom. The number of rotatable bonds is 6. The fraction of sp³-hybridized carbons (Fsp3) is 0.824. The monoisotopic (exact) mass is 309 g/mol. The van der Waals surface area contributed by atoms with Crippen molar-refractivity contribution in [3.8, 4) is 0 Å². The van der Waals surface area contributed by atoms with E-state index in [1.54, 1.807) is 0 Å². The second kappa shape index (κ2) is 7.21. The van der Waals surface area contributed by atoms with Gasteiger partial charge in [-0.2, -0.15) is 0 Å². The van der Waals surface area contributed by atoms with Gasteiger partial charge >= 0.3 is 0 Å². The van der Waals surface area contributed by atoms with Crippen molar-refractivity contribution in [1.82, 2.24) is 15.2 Å². The van der Waals surface area contributed by atoms with Crippen LogP contribution in [0.3, 0.4) is 0 Å². The number of likely N-dealkylation sites (tertiary alicyclic amines) is 1. The van der Waals surface area contributed by atoms with E-state index >= 15 is 0 Å². The zero-order valence-electron chi connectivity index (χ0n) is 14.3. The normalized spacial score (nSPS) is 19.3. The molecule has 0 bridgehead atoms. The van der Waals surface area contributed by atoms with Gasteiger partial charge < -0.3 is 10.2 Å². The van der Waals surface area contributed by atoms with Crippen molar-refractivity contribution in [3.63, 3.8) is 0 Å². The van der Waals surface area contributed by atoms with Crippen LogP contribution in [0.25, 0.3) is 0 Å². The first-order chi connectivity index (χ1) is 10.0. The second-order valence-electron chi connectivity index (χ2n) is 6.51. The molecule has 0 amide bonds. The van der Waals surface area contributed by atoms with Crippen molar-refractivity contribution >= 4 is 11.3 Å². The minimum absolute atomic E-state index is 0.115. The highest BCUT2D eigenvalue weighted by molar-refractivity contribution is 7.11. The van der Waals surface area contributed by atoms with E-state index in [9.17, 15) is 0 Å². The summed E-state index contributed by atoms with van der Waals surface area (Å²) in [5.74, 6) is 0. The molecular weight excluding hydrogens is 278 g/mol. The number of nitrogens with one attached hydrogen (secondary N) is 1. The van der Waals surface area contributed by atoms with Gasteiger partial charge in [0.1, 0.15) is 5.01 Å². The van der Waals surface area contributed by atoms with Gasteiger partial charge in [-0.15, -0.1) is 11.3 Å². The van der Waals surface area contributed by atoms with Gasteiger partial charge in [0.05, 0.1) is 11.2 Å². The van der Waals surface area contributed by atoms with Crippen LogP contribution in [0.4, 0.5) is 0 Å². The Kier molecular flexibility index (Phi) is 5.81. The standard InChI is InChI=1S/C17H31N3S/c1-6-10-18-17(8-11-20(12-9-17)13(3)4)16-19-15(7-2)14(5)21-16/h13,18H,6-12H2,1-5H3. The third-order valence-electron chi connectivity index (χ3n) is 4.73. The van der Waals surface area contributed by atoms with Crippen molar-refractivity contribution in [1.29, 1.82) is 0 Å². The molecule has 1 aliphatic rings.